The van der Waals surface area contributed by atoms with E-state index in [1.165, 1.54) is 11.6 Å². The molecule has 0 spiro atoms. The van der Waals surface area contributed by atoms with E-state index in [-0.39, 0.29) is 29.4 Å². The number of nitrogens with zero attached hydrogens (tertiary/aromatic N) is 4. The van der Waals surface area contributed by atoms with Gasteiger partial charge in [0, 0.05) is 19.3 Å². The lowest BCUT2D eigenvalue weighted by Crippen LogP contribution is -2.43. The predicted octanol–water partition coefficient (Wildman–Crippen LogP) is 1.63. The third-order valence-electron chi connectivity index (χ3n) is 5.10. The first-order valence-electron chi connectivity index (χ1n) is 10.4. The Labute approximate surface area is 190 Å². The first-order chi connectivity index (χ1) is 15.5. The molecule has 0 aliphatic carbocycles. The molecule has 2 heterocycles. The van der Waals surface area contributed by atoms with Gasteiger partial charge in [0.05, 0.1) is 16.9 Å². The van der Waals surface area contributed by atoms with E-state index in [2.05, 4.69) is 5.10 Å². The lowest BCUT2D eigenvalue weighted by atomic mass is 10.1. The molecule has 2 aromatic heterocycles. The van der Waals surface area contributed by atoms with Gasteiger partial charge in [0.2, 0.25) is 5.78 Å². The van der Waals surface area contributed by atoms with E-state index >= 15 is 0 Å². The number of aromatic nitrogens is 4. The second-order valence-electron chi connectivity index (χ2n) is 8.30. The average molecular weight is 453 g/mol. The van der Waals surface area contributed by atoms with Crippen molar-refractivity contribution in [3.8, 4) is 5.69 Å². The van der Waals surface area contributed by atoms with Gasteiger partial charge in [0.15, 0.2) is 6.61 Å². The first-order valence-corrected chi connectivity index (χ1v) is 10.4. The van der Waals surface area contributed by atoms with Crippen molar-refractivity contribution in [2.75, 3.05) is 12.3 Å². The number of ketones is 1. The molecule has 2 N–H and O–H groups in total. The fraction of sp³-hybridized carbons (Fsp3) is 0.348. The van der Waals surface area contributed by atoms with E-state index in [4.69, 9.17) is 10.5 Å². The number of anilines is 1. The van der Waals surface area contributed by atoms with Crippen LogP contribution in [0, 0.1) is 19.8 Å². The second-order valence-corrected chi connectivity index (χ2v) is 8.30. The van der Waals surface area contributed by atoms with E-state index < -0.39 is 29.6 Å². The summed E-state index contributed by atoms with van der Waals surface area (Å²) in [5, 5.41) is 4.39. The molecule has 0 aliphatic heterocycles. The fourth-order valence-corrected chi connectivity index (χ4v) is 3.50. The number of benzene rings is 1. The van der Waals surface area contributed by atoms with E-state index in [1.54, 1.807) is 28.9 Å². The Bertz CT molecular complexity index is 1330. The van der Waals surface area contributed by atoms with Crippen LogP contribution in [-0.4, -0.2) is 37.3 Å². The molecule has 0 amide bonds. The van der Waals surface area contributed by atoms with Crippen molar-refractivity contribution < 1.29 is 14.3 Å². The van der Waals surface area contributed by atoms with Crippen LogP contribution in [0.25, 0.3) is 5.69 Å². The quantitative estimate of drug-likeness (QED) is 0.425. The van der Waals surface area contributed by atoms with Crippen molar-refractivity contribution in [2.45, 2.75) is 34.2 Å². The molecule has 174 valence electrons. The molecular weight excluding hydrogens is 426 g/mol. The monoisotopic (exact) mass is 453 g/mol. The van der Waals surface area contributed by atoms with Crippen LogP contribution in [0.2, 0.25) is 0 Å². The highest BCUT2D eigenvalue weighted by atomic mass is 16.5. The zero-order valence-electron chi connectivity index (χ0n) is 19.3. The Kier molecular flexibility index (Phi) is 6.66. The summed E-state index contributed by atoms with van der Waals surface area (Å²) >= 11 is 0. The van der Waals surface area contributed by atoms with Crippen LogP contribution < -0.4 is 17.0 Å². The molecule has 0 unspecified atom stereocenters. The minimum absolute atomic E-state index is 0.0562. The highest BCUT2D eigenvalue weighted by molar-refractivity contribution is 6.02. The molecular formula is C23H27N5O5. The molecule has 0 bridgehead atoms. The molecule has 0 aliphatic rings. The highest BCUT2D eigenvalue weighted by Gasteiger charge is 2.23. The SMILES string of the molecule is Cc1cc(C)n(-c2ccc(C(=O)OCC(=O)c3c(N)n(CC(C)C)c(=O)n(C)c3=O)cc2)n1. The van der Waals surface area contributed by atoms with Crippen molar-refractivity contribution in [3.05, 3.63) is 73.7 Å². The number of rotatable bonds is 7. The van der Waals surface area contributed by atoms with Gasteiger partial charge in [-0.15, -0.1) is 0 Å². The van der Waals surface area contributed by atoms with Gasteiger partial charge >= 0.3 is 11.7 Å². The summed E-state index contributed by atoms with van der Waals surface area (Å²) in [6.07, 6.45) is 0. The van der Waals surface area contributed by atoms with Gasteiger partial charge in [-0.25, -0.2) is 14.3 Å². The number of carbonyl (C=O) groups excluding carboxylic acids is 2. The summed E-state index contributed by atoms with van der Waals surface area (Å²) in [6.45, 7) is 7.12. The molecule has 0 saturated heterocycles. The number of nitrogens with two attached hydrogens (primary N) is 1. The van der Waals surface area contributed by atoms with Crippen LogP contribution in [0.4, 0.5) is 5.82 Å². The Balaban J connectivity index is 1.78. The lowest BCUT2D eigenvalue weighted by molar-refractivity contribution is 0.0474. The van der Waals surface area contributed by atoms with E-state index in [9.17, 15) is 19.2 Å². The number of aryl methyl sites for hydroxylation is 2. The van der Waals surface area contributed by atoms with Crippen LogP contribution in [0.1, 0.15) is 46.0 Å². The molecule has 10 heteroatoms. The molecule has 3 rings (SSSR count). The van der Waals surface area contributed by atoms with E-state index in [0.29, 0.717) is 0 Å². The van der Waals surface area contributed by atoms with Crippen molar-refractivity contribution in [1.29, 1.82) is 0 Å². The summed E-state index contributed by atoms with van der Waals surface area (Å²) < 4.78 is 8.87. The maximum Gasteiger partial charge on any atom is 0.338 e. The predicted molar refractivity (Wildman–Crippen MR) is 123 cm³/mol. The molecule has 33 heavy (non-hydrogen) atoms. The Morgan fingerprint density at radius 3 is 2.30 bits per heavy atom. The van der Waals surface area contributed by atoms with E-state index in [0.717, 1.165) is 21.6 Å². The van der Waals surface area contributed by atoms with Crippen molar-refractivity contribution in [3.63, 3.8) is 0 Å². The minimum Gasteiger partial charge on any atom is -0.454 e. The standard InChI is InChI=1S/C23H27N5O5/c1-13(2)11-27-20(24)19(21(30)26(5)23(27)32)18(29)12-33-22(31)16-6-8-17(9-7-16)28-15(4)10-14(3)25-28/h6-10,13H,11-12,24H2,1-5H3. The second kappa shape index (κ2) is 9.27. The molecule has 0 fully saturated rings. The molecule has 3 aromatic rings. The third-order valence-corrected chi connectivity index (χ3v) is 5.10. The number of hydrogen-bond acceptors (Lipinski definition) is 7. The summed E-state index contributed by atoms with van der Waals surface area (Å²) in [5.74, 6) is -1.68. The lowest BCUT2D eigenvalue weighted by Gasteiger charge is -2.16. The number of ether oxygens (including phenoxy) is 1. The highest BCUT2D eigenvalue weighted by Crippen LogP contribution is 2.14. The number of Topliss-reactive ketones (excluding diaryl/α,β-unsaturated/α-hetero) is 1. The topological polar surface area (TPSA) is 131 Å². The van der Waals surface area contributed by atoms with Crippen molar-refractivity contribution >= 4 is 17.6 Å². The zero-order valence-corrected chi connectivity index (χ0v) is 19.3. The van der Waals surface area contributed by atoms with Gasteiger partial charge in [-0.05, 0) is 50.1 Å². The van der Waals surface area contributed by atoms with Crippen LogP contribution >= 0.6 is 0 Å². The fourth-order valence-electron chi connectivity index (χ4n) is 3.50. The Morgan fingerprint density at radius 1 is 1.12 bits per heavy atom. The van der Waals surface area contributed by atoms with Crippen LogP contribution in [0.3, 0.4) is 0 Å². The molecule has 0 radical (unpaired) electrons. The Morgan fingerprint density at radius 2 is 1.76 bits per heavy atom. The zero-order chi connectivity index (χ0) is 24.4. The van der Waals surface area contributed by atoms with Crippen molar-refractivity contribution in [2.24, 2.45) is 13.0 Å². The molecule has 10 nitrogen and oxygen atoms in total. The van der Waals surface area contributed by atoms with Gasteiger partial charge in [0.1, 0.15) is 11.4 Å². The van der Waals surface area contributed by atoms with Gasteiger partial charge in [-0.2, -0.15) is 5.10 Å². The number of hydrogen-bond donors (Lipinski definition) is 1. The summed E-state index contributed by atoms with van der Waals surface area (Å²) in [5.41, 5.74) is 7.02. The molecule has 1 aromatic carbocycles. The van der Waals surface area contributed by atoms with Gasteiger partial charge < -0.3 is 10.5 Å². The maximum atomic E-state index is 12.7. The smallest absolute Gasteiger partial charge is 0.338 e. The van der Waals surface area contributed by atoms with Crippen molar-refractivity contribution in [1.82, 2.24) is 18.9 Å². The van der Waals surface area contributed by atoms with Crippen LogP contribution in [-0.2, 0) is 18.3 Å². The van der Waals surface area contributed by atoms with Gasteiger partial charge in [0.25, 0.3) is 5.56 Å². The Hall–Kier alpha value is -3.95. The van der Waals surface area contributed by atoms with E-state index in [1.807, 2.05) is 33.8 Å². The largest absolute Gasteiger partial charge is 0.454 e. The average Bonchev–Trinajstić information content (AvgIpc) is 3.11. The van der Waals surface area contributed by atoms with Crippen LogP contribution in [0.5, 0.6) is 0 Å². The molecule has 0 atom stereocenters. The van der Waals surface area contributed by atoms with Crippen LogP contribution in [0.15, 0.2) is 39.9 Å². The molecule has 0 saturated carbocycles. The third kappa shape index (κ3) is 4.79. The summed E-state index contributed by atoms with van der Waals surface area (Å²) in [4.78, 5) is 50.0. The van der Waals surface area contributed by atoms with Gasteiger partial charge in [-0.1, -0.05) is 13.8 Å². The van der Waals surface area contributed by atoms with Gasteiger partial charge in [-0.3, -0.25) is 18.7 Å². The minimum atomic E-state index is -0.826. The summed E-state index contributed by atoms with van der Waals surface area (Å²) in [6, 6.07) is 8.50. The first kappa shape index (κ1) is 23.7. The maximum absolute atomic E-state index is 12.7. The number of nitrogen functional groups attached to an aromatic ring is 1. The number of carbonyl (C=O) groups is 2. The normalized spacial score (nSPS) is 11.1. The number of esters is 1. The summed E-state index contributed by atoms with van der Waals surface area (Å²) in [7, 11) is 1.27.